The Labute approximate surface area is 102 Å². The van der Waals surface area contributed by atoms with Crippen LogP contribution in [0, 0.1) is 13.3 Å². The van der Waals surface area contributed by atoms with E-state index in [0.29, 0.717) is 0 Å². The predicted molar refractivity (Wildman–Crippen MR) is 66.3 cm³/mol. The van der Waals surface area contributed by atoms with Crippen molar-refractivity contribution in [3.63, 3.8) is 0 Å². The van der Waals surface area contributed by atoms with Gasteiger partial charge in [-0.2, -0.15) is 0 Å². The van der Waals surface area contributed by atoms with Crippen molar-refractivity contribution >= 4 is 35.8 Å². The van der Waals surface area contributed by atoms with Crippen LogP contribution in [0.15, 0.2) is 0 Å². The van der Waals surface area contributed by atoms with Gasteiger partial charge in [-0.1, -0.05) is 6.92 Å². The van der Waals surface area contributed by atoms with E-state index in [1.54, 1.807) is 0 Å². The molecule has 1 aliphatic rings. The van der Waals surface area contributed by atoms with Crippen LogP contribution in [0.3, 0.4) is 0 Å². The average Bonchev–Trinajstić information content (AvgIpc) is 2.00. The maximum atomic E-state index is 4.97. The van der Waals surface area contributed by atoms with E-state index in [0.717, 1.165) is 17.2 Å². The molecule has 0 amide bonds. The van der Waals surface area contributed by atoms with E-state index >= 15 is 0 Å². The Morgan fingerprint density at radius 1 is 1.00 bits per heavy atom. The average molecular weight is 300 g/mol. The SMILES string of the molecule is CC1C(C)[PH+](C)C1C.[CH3-].[Cl][Ti+]([Cl])[Cl]. The van der Waals surface area contributed by atoms with E-state index in [2.05, 4.69) is 27.4 Å². The van der Waals surface area contributed by atoms with Crippen molar-refractivity contribution < 1.29 is 14.7 Å². The summed E-state index contributed by atoms with van der Waals surface area (Å²) in [6.45, 7) is 9.64. The van der Waals surface area contributed by atoms with Gasteiger partial charge in [-0.05, 0) is 13.8 Å². The minimum absolute atomic E-state index is 0. The van der Waals surface area contributed by atoms with E-state index in [1.807, 2.05) is 0 Å². The van der Waals surface area contributed by atoms with Crippen molar-refractivity contribution in [2.45, 2.75) is 32.1 Å². The van der Waals surface area contributed by atoms with Crippen molar-refractivity contribution in [3.8, 4) is 0 Å². The van der Waals surface area contributed by atoms with Crippen LogP contribution in [-0.2, 0) is 14.7 Å². The van der Waals surface area contributed by atoms with Gasteiger partial charge in [0.25, 0.3) is 0 Å². The first-order valence-electron chi connectivity index (χ1n) is 4.04. The molecule has 5 heteroatoms. The maximum absolute atomic E-state index is 4.97. The van der Waals surface area contributed by atoms with Gasteiger partial charge in [-0.15, -0.1) is 0 Å². The van der Waals surface area contributed by atoms with Gasteiger partial charge < -0.3 is 7.43 Å². The molecule has 2 unspecified atom stereocenters. The van der Waals surface area contributed by atoms with Crippen molar-refractivity contribution in [3.05, 3.63) is 7.43 Å². The molecule has 13 heavy (non-hydrogen) atoms. The van der Waals surface area contributed by atoms with E-state index in [4.69, 9.17) is 27.9 Å². The Morgan fingerprint density at radius 3 is 1.31 bits per heavy atom. The molecule has 0 bridgehead atoms. The van der Waals surface area contributed by atoms with E-state index in [1.165, 1.54) is 0 Å². The van der Waals surface area contributed by atoms with Crippen LogP contribution in [0.2, 0.25) is 0 Å². The molecule has 0 aliphatic carbocycles. The van der Waals surface area contributed by atoms with Crippen molar-refractivity contribution in [1.29, 1.82) is 0 Å². The summed E-state index contributed by atoms with van der Waals surface area (Å²) in [5.41, 5.74) is 2.16. The standard InChI is InChI=1S/C7H15P.CH3.3ClH.Ti/c1-5-6(2)8(4)7(5)3;;;;;/h5-7H,1-4H3;1H3;3*1H;/q;-1;;;;+4/p-2. The number of rotatable bonds is 0. The Morgan fingerprint density at radius 2 is 1.23 bits per heavy atom. The number of hydrogen-bond acceptors (Lipinski definition) is 0. The molecule has 1 aliphatic heterocycles. The summed E-state index contributed by atoms with van der Waals surface area (Å²) in [6.07, 6.45) is 0. The summed E-state index contributed by atoms with van der Waals surface area (Å²) in [6, 6.07) is 0. The molecule has 0 aromatic carbocycles. The van der Waals surface area contributed by atoms with Gasteiger partial charge in [0.1, 0.15) is 0 Å². The van der Waals surface area contributed by atoms with Gasteiger partial charge >= 0.3 is 42.6 Å². The van der Waals surface area contributed by atoms with E-state index in [9.17, 15) is 0 Å². The fourth-order valence-corrected chi connectivity index (χ4v) is 4.29. The molecule has 0 aromatic heterocycles. The van der Waals surface area contributed by atoms with Crippen LogP contribution >= 0.6 is 35.8 Å². The summed E-state index contributed by atoms with van der Waals surface area (Å²) >= 11 is -1.92. The van der Waals surface area contributed by atoms with Crippen LogP contribution in [-0.4, -0.2) is 18.0 Å². The van der Waals surface area contributed by atoms with Gasteiger partial charge in [0.05, 0.1) is 11.3 Å². The van der Waals surface area contributed by atoms with Crippen LogP contribution < -0.4 is 0 Å². The summed E-state index contributed by atoms with van der Waals surface area (Å²) in [5.74, 6) is 1.02. The quantitative estimate of drug-likeness (QED) is 0.343. The monoisotopic (exact) mass is 299 g/mol. The minimum atomic E-state index is -1.92. The molecule has 2 atom stereocenters. The fraction of sp³-hybridized carbons (Fsp3) is 0.875. The fourth-order valence-electron chi connectivity index (χ4n) is 1.56. The second-order valence-corrected chi connectivity index (χ2v) is 14.4. The normalized spacial score (nSPS) is 36.2. The van der Waals surface area contributed by atoms with Crippen LogP contribution in [0.4, 0.5) is 0 Å². The number of hydrogen-bond donors (Lipinski definition) is 0. The molecule has 0 saturated carbocycles. The first kappa shape index (κ1) is 17.4. The third kappa shape index (κ3) is 6.23. The Balaban J connectivity index is 0. The zero-order chi connectivity index (χ0) is 9.89. The zero-order valence-corrected chi connectivity index (χ0v) is 13.7. The molecule has 1 saturated heterocycles. The summed E-state index contributed by atoms with van der Waals surface area (Å²) < 4.78 is 0. The summed E-state index contributed by atoms with van der Waals surface area (Å²) in [7, 11) is 15.0. The van der Waals surface area contributed by atoms with Crippen LogP contribution in [0.1, 0.15) is 20.8 Å². The Kier molecular flexibility index (Phi) is 11.0. The molecule has 0 N–H and O–H groups in total. The summed E-state index contributed by atoms with van der Waals surface area (Å²) in [5, 5.41) is 0. The van der Waals surface area contributed by atoms with Crippen molar-refractivity contribution in [1.82, 2.24) is 0 Å². The molecule has 0 radical (unpaired) electrons. The van der Waals surface area contributed by atoms with Gasteiger partial charge in [0.15, 0.2) is 0 Å². The number of halogens is 3. The molecule has 1 fully saturated rings. The molecule has 1 heterocycles. The van der Waals surface area contributed by atoms with Gasteiger partial charge in [-0.3, -0.25) is 0 Å². The van der Waals surface area contributed by atoms with Crippen LogP contribution in [0.5, 0.6) is 0 Å². The second-order valence-electron chi connectivity index (χ2n) is 3.39. The Hall–Kier alpha value is 2.01. The van der Waals surface area contributed by atoms with E-state index in [-0.39, 0.29) is 15.3 Å². The van der Waals surface area contributed by atoms with Crippen LogP contribution in [0.25, 0.3) is 0 Å². The van der Waals surface area contributed by atoms with Crippen molar-refractivity contribution in [2.75, 3.05) is 6.66 Å². The zero-order valence-electron chi connectivity index (χ0n) is 8.87. The molecule has 0 aromatic rings. The van der Waals surface area contributed by atoms with Gasteiger partial charge in [-0.25, -0.2) is 0 Å². The molecule has 80 valence electrons. The topological polar surface area (TPSA) is 0 Å². The third-order valence-electron chi connectivity index (χ3n) is 3.01. The molecular formula is C8H19Cl3PTi+. The first-order chi connectivity index (χ1) is 5.37. The van der Waals surface area contributed by atoms with E-state index < -0.39 is 14.7 Å². The van der Waals surface area contributed by atoms with Gasteiger partial charge in [0, 0.05) is 20.5 Å². The van der Waals surface area contributed by atoms with Gasteiger partial charge in [0.2, 0.25) is 0 Å². The summed E-state index contributed by atoms with van der Waals surface area (Å²) in [4.78, 5) is 0. The molecule has 0 nitrogen and oxygen atoms in total. The second kappa shape index (κ2) is 8.20. The molecule has 0 spiro atoms. The first-order valence-corrected chi connectivity index (χ1v) is 12.6. The molecule has 1 rings (SSSR count). The van der Waals surface area contributed by atoms with Crippen molar-refractivity contribution in [2.24, 2.45) is 5.92 Å². The third-order valence-corrected chi connectivity index (χ3v) is 6.94. The predicted octanol–water partition coefficient (Wildman–Crippen LogP) is 4.77. The Bertz CT molecular complexity index is 99.8. The molecular weight excluding hydrogens is 281 g/mol.